The summed E-state index contributed by atoms with van der Waals surface area (Å²) in [6, 6.07) is 5.96. The molecule has 0 spiro atoms. The van der Waals surface area contributed by atoms with E-state index in [1.807, 2.05) is 18.2 Å². The molecule has 0 bridgehead atoms. The van der Waals surface area contributed by atoms with Crippen LogP contribution in [-0.2, 0) is 19.6 Å². The summed E-state index contributed by atoms with van der Waals surface area (Å²) in [6.07, 6.45) is 5.31. The Labute approximate surface area is 101 Å². The Bertz CT molecular complexity index is 453. The van der Waals surface area contributed by atoms with Crippen LogP contribution in [0.15, 0.2) is 41.3 Å². The lowest BCUT2D eigenvalue weighted by Gasteiger charge is -2.15. The number of hydrogen-bond acceptors (Lipinski definition) is 4. The van der Waals surface area contributed by atoms with E-state index in [1.54, 1.807) is 18.7 Å². The first-order chi connectivity index (χ1) is 8.29. The lowest BCUT2D eigenvalue weighted by Crippen LogP contribution is -2.18. The fraction of sp³-hybridized carbons (Fsp3) is 0.308. The third-order valence-electron chi connectivity index (χ3n) is 2.67. The second-order valence-corrected chi connectivity index (χ2v) is 4.10. The number of hydrogen-bond donors (Lipinski definition) is 1. The van der Waals surface area contributed by atoms with E-state index in [0.29, 0.717) is 6.54 Å². The normalized spacial score (nSPS) is 11.0. The molecule has 2 heterocycles. The van der Waals surface area contributed by atoms with Gasteiger partial charge in [0.05, 0.1) is 12.8 Å². The Morgan fingerprint density at radius 1 is 1.24 bits per heavy atom. The zero-order valence-electron chi connectivity index (χ0n) is 9.97. The van der Waals surface area contributed by atoms with Crippen LogP contribution in [0.5, 0.6) is 0 Å². The van der Waals surface area contributed by atoms with Crippen LogP contribution in [0, 0.1) is 0 Å². The van der Waals surface area contributed by atoms with E-state index in [1.165, 1.54) is 5.56 Å². The minimum atomic E-state index is 0.523. The largest absolute Gasteiger partial charge is 0.468 e. The number of furan rings is 1. The Balaban J connectivity index is 1.96. The predicted molar refractivity (Wildman–Crippen MR) is 66.0 cm³/mol. The highest BCUT2D eigenvalue weighted by atomic mass is 16.3. The first-order valence-corrected chi connectivity index (χ1v) is 5.62. The standard InChI is InChI=1S/C13H17N3O/c1-16(9-11-2-5-15-6-3-11)10-13-12(8-14)4-7-17-13/h2-7H,8-10,14H2,1H3. The quantitative estimate of drug-likeness (QED) is 0.852. The first-order valence-electron chi connectivity index (χ1n) is 5.62. The van der Waals surface area contributed by atoms with Crippen molar-refractivity contribution in [2.24, 2.45) is 5.73 Å². The highest BCUT2D eigenvalue weighted by Gasteiger charge is 2.08. The van der Waals surface area contributed by atoms with Gasteiger partial charge in [0, 0.05) is 31.0 Å². The highest BCUT2D eigenvalue weighted by molar-refractivity contribution is 5.17. The molecule has 90 valence electrons. The molecule has 17 heavy (non-hydrogen) atoms. The van der Waals surface area contributed by atoms with Crippen LogP contribution in [0.3, 0.4) is 0 Å². The van der Waals surface area contributed by atoms with Gasteiger partial charge in [0.1, 0.15) is 5.76 Å². The van der Waals surface area contributed by atoms with E-state index >= 15 is 0 Å². The monoisotopic (exact) mass is 231 g/mol. The molecule has 0 aromatic carbocycles. The molecule has 0 saturated heterocycles. The Kier molecular flexibility index (Phi) is 3.90. The summed E-state index contributed by atoms with van der Waals surface area (Å²) in [5.74, 6) is 0.948. The van der Waals surface area contributed by atoms with Crippen LogP contribution >= 0.6 is 0 Å². The van der Waals surface area contributed by atoms with Crippen LogP contribution in [0.2, 0.25) is 0 Å². The summed E-state index contributed by atoms with van der Waals surface area (Å²) in [4.78, 5) is 6.19. The Morgan fingerprint density at radius 2 is 2.00 bits per heavy atom. The average Bonchev–Trinajstić information content (AvgIpc) is 2.77. The molecule has 4 heteroatoms. The molecule has 4 nitrogen and oxygen atoms in total. The molecule has 0 atom stereocenters. The number of nitrogens with zero attached hydrogens (tertiary/aromatic N) is 2. The van der Waals surface area contributed by atoms with Crippen molar-refractivity contribution in [2.45, 2.75) is 19.6 Å². The third-order valence-corrected chi connectivity index (χ3v) is 2.67. The topological polar surface area (TPSA) is 55.3 Å². The van der Waals surface area contributed by atoms with Gasteiger partial charge < -0.3 is 10.2 Å². The van der Waals surface area contributed by atoms with Gasteiger partial charge in [0.2, 0.25) is 0 Å². The summed E-state index contributed by atoms with van der Waals surface area (Å²) < 4.78 is 5.43. The number of aromatic nitrogens is 1. The summed E-state index contributed by atoms with van der Waals surface area (Å²) >= 11 is 0. The molecule has 2 aromatic rings. The second-order valence-electron chi connectivity index (χ2n) is 4.10. The molecule has 2 aromatic heterocycles. The molecule has 0 radical (unpaired) electrons. The molecular formula is C13H17N3O. The number of pyridine rings is 1. The molecule has 0 fully saturated rings. The van der Waals surface area contributed by atoms with Gasteiger partial charge in [-0.3, -0.25) is 9.88 Å². The van der Waals surface area contributed by atoms with Gasteiger partial charge >= 0.3 is 0 Å². The Morgan fingerprint density at radius 3 is 2.71 bits per heavy atom. The van der Waals surface area contributed by atoms with Crippen LogP contribution < -0.4 is 5.73 Å². The van der Waals surface area contributed by atoms with Gasteiger partial charge in [-0.05, 0) is 30.8 Å². The number of rotatable bonds is 5. The maximum Gasteiger partial charge on any atom is 0.122 e. The molecule has 0 aliphatic heterocycles. The fourth-order valence-electron chi connectivity index (χ4n) is 1.79. The van der Waals surface area contributed by atoms with Gasteiger partial charge in [0.25, 0.3) is 0 Å². The van der Waals surface area contributed by atoms with Crippen molar-refractivity contribution in [1.82, 2.24) is 9.88 Å². The molecule has 0 saturated carbocycles. The van der Waals surface area contributed by atoms with Gasteiger partial charge in [-0.15, -0.1) is 0 Å². The van der Waals surface area contributed by atoms with E-state index in [0.717, 1.165) is 24.4 Å². The van der Waals surface area contributed by atoms with Gasteiger partial charge in [-0.2, -0.15) is 0 Å². The molecule has 0 amide bonds. The zero-order chi connectivity index (χ0) is 12.1. The molecule has 0 aliphatic carbocycles. The Hall–Kier alpha value is -1.65. The summed E-state index contributed by atoms with van der Waals surface area (Å²) in [7, 11) is 2.06. The second kappa shape index (κ2) is 5.61. The van der Waals surface area contributed by atoms with Crippen molar-refractivity contribution in [3.63, 3.8) is 0 Å². The maximum atomic E-state index is 5.64. The van der Waals surface area contributed by atoms with Crippen molar-refractivity contribution in [3.05, 3.63) is 53.7 Å². The number of nitrogens with two attached hydrogens (primary N) is 1. The first kappa shape index (κ1) is 11.8. The molecule has 2 N–H and O–H groups in total. The van der Waals surface area contributed by atoms with Crippen molar-refractivity contribution in [1.29, 1.82) is 0 Å². The lowest BCUT2D eigenvalue weighted by atomic mass is 10.2. The lowest BCUT2D eigenvalue weighted by molar-refractivity contribution is 0.286. The molecule has 2 rings (SSSR count). The molecule has 0 aliphatic rings. The summed E-state index contributed by atoms with van der Waals surface area (Å²) in [6.45, 7) is 2.16. The minimum absolute atomic E-state index is 0.523. The minimum Gasteiger partial charge on any atom is -0.468 e. The van der Waals surface area contributed by atoms with Crippen LogP contribution in [-0.4, -0.2) is 16.9 Å². The highest BCUT2D eigenvalue weighted by Crippen LogP contribution is 2.13. The fourth-order valence-corrected chi connectivity index (χ4v) is 1.79. The van der Waals surface area contributed by atoms with E-state index in [2.05, 4.69) is 16.9 Å². The van der Waals surface area contributed by atoms with Crippen LogP contribution in [0.25, 0.3) is 0 Å². The third kappa shape index (κ3) is 3.15. The molecular weight excluding hydrogens is 214 g/mol. The summed E-state index contributed by atoms with van der Waals surface area (Å²) in [5, 5.41) is 0. The molecule has 0 unspecified atom stereocenters. The predicted octanol–water partition coefficient (Wildman–Crippen LogP) is 1.77. The van der Waals surface area contributed by atoms with Crippen molar-refractivity contribution in [3.8, 4) is 0 Å². The van der Waals surface area contributed by atoms with E-state index < -0.39 is 0 Å². The van der Waals surface area contributed by atoms with Gasteiger partial charge in [-0.25, -0.2) is 0 Å². The SMILES string of the molecule is CN(Cc1ccncc1)Cc1occc1CN. The van der Waals surface area contributed by atoms with E-state index in [-0.39, 0.29) is 0 Å². The zero-order valence-corrected chi connectivity index (χ0v) is 9.97. The summed E-state index contributed by atoms with van der Waals surface area (Å²) in [5.41, 5.74) is 7.95. The van der Waals surface area contributed by atoms with E-state index in [9.17, 15) is 0 Å². The van der Waals surface area contributed by atoms with Gasteiger partial charge in [-0.1, -0.05) is 0 Å². The van der Waals surface area contributed by atoms with Crippen LogP contribution in [0.4, 0.5) is 0 Å². The maximum absolute atomic E-state index is 5.64. The van der Waals surface area contributed by atoms with E-state index in [4.69, 9.17) is 10.2 Å². The van der Waals surface area contributed by atoms with Crippen molar-refractivity contribution in [2.75, 3.05) is 7.05 Å². The van der Waals surface area contributed by atoms with Gasteiger partial charge in [0.15, 0.2) is 0 Å². The van der Waals surface area contributed by atoms with Crippen molar-refractivity contribution < 1.29 is 4.42 Å². The average molecular weight is 231 g/mol. The van der Waals surface area contributed by atoms with Crippen LogP contribution in [0.1, 0.15) is 16.9 Å². The van der Waals surface area contributed by atoms with Crippen molar-refractivity contribution >= 4 is 0 Å². The smallest absolute Gasteiger partial charge is 0.122 e.